The topological polar surface area (TPSA) is 52.6 Å². The van der Waals surface area contributed by atoms with Gasteiger partial charge in [-0.25, -0.2) is 8.42 Å². The minimum Gasteiger partial charge on any atom is -0.454 e. The first kappa shape index (κ1) is 21.7. The van der Waals surface area contributed by atoms with Gasteiger partial charge in [-0.05, 0) is 42.5 Å². The monoisotopic (exact) mass is 475 g/mol. The van der Waals surface area contributed by atoms with Crippen LogP contribution in [0.4, 0.5) is 0 Å². The Kier molecular flexibility index (Phi) is 5.69. The first-order valence-corrected chi connectivity index (χ1v) is 14.5. The van der Waals surface area contributed by atoms with Crippen molar-refractivity contribution in [3.63, 3.8) is 0 Å². The molecule has 0 saturated heterocycles. The Morgan fingerprint density at radius 2 is 1.18 bits per heavy atom. The molecular formula is C27H24O4PS+. The molecule has 0 bridgehead atoms. The lowest BCUT2D eigenvalue weighted by atomic mass is 10.2. The minimum absolute atomic E-state index is 0.0254. The molecule has 0 aromatic heterocycles. The lowest BCUT2D eigenvalue weighted by Crippen LogP contribution is -2.32. The van der Waals surface area contributed by atoms with Crippen LogP contribution in [0.3, 0.4) is 0 Å². The maximum Gasteiger partial charge on any atom is 0.231 e. The molecule has 4 nitrogen and oxygen atoms in total. The van der Waals surface area contributed by atoms with Gasteiger partial charge >= 0.3 is 0 Å². The molecule has 0 N–H and O–H groups in total. The Bertz CT molecular complexity index is 1280. The largest absolute Gasteiger partial charge is 0.454 e. The summed E-state index contributed by atoms with van der Waals surface area (Å²) < 4.78 is 37.1. The van der Waals surface area contributed by atoms with Crippen molar-refractivity contribution in [3.05, 3.63) is 109 Å². The van der Waals surface area contributed by atoms with Crippen LogP contribution in [0, 0.1) is 0 Å². The summed E-state index contributed by atoms with van der Waals surface area (Å²) in [6.45, 7) is 0.0254. The van der Waals surface area contributed by atoms with E-state index in [1.54, 1.807) is 0 Å². The summed E-state index contributed by atoms with van der Waals surface area (Å²) in [4.78, 5) is 0.227. The van der Waals surface area contributed by atoms with E-state index in [2.05, 4.69) is 36.4 Å². The highest BCUT2D eigenvalue weighted by Crippen LogP contribution is 2.59. The first-order chi connectivity index (χ1) is 16.0. The van der Waals surface area contributed by atoms with Gasteiger partial charge in [-0.1, -0.05) is 60.7 Å². The van der Waals surface area contributed by atoms with E-state index in [0.29, 0.717) is 17.7 Å². The Labute approximate surface area is 195 Å². The van der Waals surface area contributed by atoms with Gasteiger partial charge in [0, 0.05) is 11.8 Å². The zero-order valence-corrected chi connectivity index (χ0v) is 19.9. The van der Waals surface area contributed by atoms with Crippen molar-refractivity contribution in [2.24, 2.45) is 0 Å². The van der Waals surface area contributed by atoms with Crippen molar-refractivity contribution in [1.29, 1.82) is 0 Å². The Morgan fingerprint density at radius 3 is 1.64 bits per heavy atom. The minimum atomic E-state index is -3.56. The van der Waals surface area contributed by atoms with Crippen LogP contribution in [-0.4, -0.2) is 21.5 Å². The standard InChI is InChI=1S/C27H24O4PS/c1-33(28,29)27-21(17-18-25-26(27)31-20-30-25)19-32(22-11-5-2-6-12-22,23-13-7-3-8-14-23)24-15-9-4-10-16-24/h2-18H,19-20H2,1H3/q+1. The Balaban J connectivity index is 1.83. The molecule has 0 atom stereocenters. The summed E-state index contributed by atoms with van der Waals surface area (Å²) >= 11 is 0. The third-order valence-corrected chi connectivity index (χ3v) is 11.5. The second kappa shape index (κ2) is 8.66. The zero-order chi connectivity index (χ0) is 22.9. The number of hydrogen-bond acceptors (Lipinski definition) is 4. The lowest BCUT2D eigenvalue weighted by Gasteiger charge is -2.28. The van der Waals surface area contributed by atoms with Gasteiger partial charge in [0.1, 0.15) is 28.1 Å². The summed E-state index contributed by atoms with van der Waals surface area (Å²) in [7, 11) is -5.82. The van der Waals surface area contributed by atoms with Gasteiger partial charge in [0.25, 0.3) is 0 Å². The second-order valence-electron chi connectivity index (χ2n) is 8.03. The van der Waals surface area contributed by atoms with Crippen molar-refractivity contribution in [2.45, 2.75) is 11.1 Å². The second-order valence-corrected chi connectivity index (χ2v) is 13.5. The average Bonchev–Trinajstić information content (AvgIpc) is 3.32. The van der Waals surface area contributed by atoms with Crippen LogP contribution in [-0.2, 0) is 16.0 Å². The van der Waals surface area contributed by atoms with Crippen LogP contribution in [0.15, 0.2) is 108 Å². The van der Waals surface area contributed by atoms with Crippen molar-refractivity contribution in [2.75, 3.05) is 13.0 Å². The fraction of sp³-hybridized carbons (Fsp3) is 0.111. The predicted molar refractivity (Wildman–Crippen MR) is 135 cm³/mol. The molecule has 1 aliphatic heterocycles. The number of ether oxygens (including phenoxy) is 2. The lowest BCUT2D eigenvalue weighted by molar-refractivity contribution is 0.172. The van der Waals surface area contributed by atoms with E-state index in [0.717, 1.165) is 5.56 Å². The molecule has 0 saturated carbocycles. The number of rotatable bonds is 6. The molecule has 1 heterocycles. The zero-order valence-electron chi connectivity index (χ0n) is 18.2. The Hall–Kier alpha value is -3.14. The van der Waals surface area contributed by atoms with E-state index in [4.69, 9.17) is 9.47 Å². The predicted octanol–water partition coefficient (Wildman–Crippen LogP) is 4.31. The molecule has 0 aliphatic carbocycles. The van der Waals surface area contributed by atoms with Gasteiger partial charge in [-0.3, -0.25) is 0 Å². The quantitative estimate of drug-likeness (QED) is 0.390. The van der Waals surface area contributed by atoms with E-state index in [1.165, 1.54) is 22.2 Å². The molecule has 1 aliphatic rings. The molecule has 6 heteroatoms. The number of hydrogen-bond donors (Lipinski definition) is 0. The molecule has 5 rings (SSSR count). The summed E-state index contributed by atoms with van der Waals surface area (Å²) in [6.07, 6.45) is 1.78. The van der Waals surface area contributed by atoms with Gasteiger partial charge in [0.15, 0.2) is 21.3 Å². The third kappa shape index (κ3) is 3.92. The van der Waals surface area contributed by atoms with Gasteiger partial charge in [0.05, 0.1) is 6.16 Å². The number of sulfone groups is 1. The van der Waals surface area contributed by atoms with Gasteiger partial charge in [0.2, 0.25) is 6.79 Å². The van der Waals surface area contributed by atoms with E-state index < -0.39 is 17.1 Å². The van der Waals surface area contributed by atoms with Gasteiger partial charge in [-0.15, -0.1) is 0 Å². The number of benzene rings is 4. The summed E-state index contributed by atoms with van der Waals surface area (Å²) in [5.41, 5.74) is 0.742. The van der Waals surface area contributed by atoms with E-state index in [1.807, 2.05) is 66.7 Å². The van der Waals surface area contributed by atoms with E-state index in [9.17, 15) is 8.42 Å². The molecule has 0 spiro atoms. The average molecular weight is 476 g/mol. The smallest absolute Gasteiger partial charge is 0.231 e. The van der Waals surface area contributed by atoms with E-state index in [-0.39, 0.29) is 11.7 Å². The van der Waals surface area contributed by atoms with Crippen molar-refractivity contribution >= 4 is 33.0 Å². The molecule has 0 radical (unpaired) electrons. The maximum absolute atomic E-state index is 13.0. The summed E-state index contributed by atoms with van der Waals surface area (Å²) in [5, 5.41) is 3.58. The van der Waals surface area contributed by atoms with Crippen LogP contribution in [0.25, 0.3) is 0 Å². The third-order valence-electron chi connectivity index (χ3n) is 5.94. The van der Waals surface area contributed by atoms with Crippen LogP contribution in [0.5, 0.6) is 11.5 Å². The van der Waals surface area contributed by atoms with Crippen LogP contribution in [0.2, 0.25) is 0 Å². The molecule has 166 valence electrons. The molecule has 0 unspecified atom stereocenters. The Morgan fingerprint density at radius 1 is 0.697 bits per heavy atom. The highest BCUT2D eigenvalue weighted by Gasteiger charge is 2.47. The molecular weight excluding hydrogens is 451 g/mol. The van der Waals surface area contributed by atoms with Gasteiger partial charge < -0.3 is 9.47 Å². The maximum atomic E-state index is 13.0. The molecule has 33 heavy (non-hydrogen) atoms. The fourth-order valence-electron chi connectivity index (χ4n) is 4.54. The molecule has 4 aromatic rings. The van der Waals surface area contributed by atoms with Crippen LogP contribution in [0.1, 0.15) is 5.56 Å². The SMILES string of the molecule is CS(=O)(=O)c1c(C[P+](c2ccccc2)(c2ccccc2)c2ccccc2)ccc2c1OCO2. The number of fused-ring (bicyclic) bond motifs is 1. The highest BCUT2D eigenvalue weighted by atomic mass is 32.2. The van der Waals surface area contributed by atoms with Crippen LogP contribution < -0.4 is 25.4 Å². The van der Waals surface area contributed by atoms with Crippen molar-refractivity contribution in [3.8, 4) is 11.5 Å². The van der Waals surface area contributed by atoms with E-state index >= 15 is 0 Å². The summed E-state index contributed by atoms with van der Waals surface area (Å²) in [6, 6.07) is 34.9. The van der Waals surface area contributed by atoms with Crippen LogP contribution >= 0.6 is 7.26 Å². The normalized spacial score (nSPS) is 13.1. The van der Waals surface area contributed by atoms with Gasteiger partial charge in [-0.2, -0.15) is 0 Å². The van der Waals surface area contributed by atoms with Crippen molar-refractivity contribution < 1.29 is 17.9 Å². The highest BCUT2D eigenvalue weighted by molar-refractivity contribution is 7.95. The molecule has 0 fully saturated rings. The fourth-order valence-corrected chi connectivity index (χ4v) is 10.0. The summed E-state index contributed by atoms with van der Waals surface area (Å²) in [5.74, 6) is 0.796. The van der Waals surface area contributed by atoms with Crippen molar-refractivity contribution in [1.82, 2.24) is 0 Å². The first-order valence-electron chi connectivity index (χ1n) is 10.7. The molecule has 0 amide bonds. The molecule has 4 aromatic carbocycles.